The molecule has 1 aliphatic rings. The molecule has 1 saturated carbocycles. The summed E-state index contributed by atoms with van der Waals surface area (Å²) < 4.78 is 0. The van der Waals surface area contributed by atoms with E-state index in [1.165, 1.54) is 24.0 Å². The van der Waals surface area contributed by atoms with Crippen LogP contribution in [-0.4, -0.2) is 16.5 Å². The summed E-state index contributed by atoms with van der Waals surface area (Å²) in [6, 6.07) is 10.7. The highest BCUT2D eigenvalue weighted by Crippen LogP contribution is 2.39. The van der Waals surface area contributed by atoms with Gasteiger partial charge in [0.05, 0.1) is 5.69 Å². The van der Waals surface area contributed by atoms with E-state index in [0.29, 0.717) is 5.92 Å². The number of nitrogens with zero attached hydrogens (tertiary/aromatic N) is 2. The minimum atomic E-state index is 0.572. The molecule has 0 amide bonds. The number of anilines is 1. The molecule has 1 fully saturated rings. The molecule has 3 heteroatoms. The van der Waals surface area contributed by atoms with Crippen molar-refractivity contribution in [3.8, 4) is 11.3 Å². The van der Waals surface area contributed by atoms with E-state index in [0.717, 1.165) is 30.3 Å². The number of hydrogen-bond donors (Lipinski definition) is 1. The zero-order valence-corrected chi connectivity index (χ0v) is 12.2. The molecule has 20 heavy (non-hydrogen) atoms. The fourth-order valence-electron chi connectivity index (χ4n) is 2.32. The number of benzene rings is 1. The van der Waals surface area contributed by atoms with Crippen molar-refractivity contribution in [1.29, 1.82) is 0 Å². The Hall–Kier alpha value is -1.90. The zero-order chi connectivity index (χ0) is 13.9. The zero-order valence-electron chi connectivity index (χ0n) is 12.2. The summed E-state index contributed by atoms with van der Waals surface area (Å²) >= 11 is 0. The lowest BCUT2D eigenvalue weighted by Crippen LogP contribution is -2.04. The van der Waals surface area contributed by atoms with Crippen molar-refractivity contribution in [3.63, 3.8) is 0 Å². The van der Waals surface area contributed by atoms with Crippen molar-refractivity contribution in [2.24, 2.45) is 0 Å². The Bertz CT molecular complexity index is 586. The van der Waals surface area contributed by atoms with Gasteiger partial charge in [0.2, 0.25) is 0 Å². The molecular formula is C17H21N3. The van der Waals surface area contributed by atoms with Gasteiger partial charge in [0, 0.05) is 24.1 Å². The van der Waals surface area contributed by atoms with Gasteiger partial charge in [0.25, 0.3) is 0 Å². The van der Waals surface area contributed by atoms with Crippen LogP contribution < -0.4 is 5.32 Å². The normalized spacial score (nSPS) is 14.3. The van der Waals surface area contributed by atoms with Crippen molar-refractivity contribution in [2.45, 2.75) is 39.0 Å². The van der Waals surface area contributed by atoms with Crippen LogP contribution in [0.15, 0.2) is 30.3 Å². The van der Waals surface area contributed by atoms with Crippen molar-refractivity contribution >= 4 is 5.82 Å². The first-order valence-electron chi connectivity index (χ1n) is 7.52. The maximum absolute atomic E-state index is 4.75. The van der Waals surface area contributed by atoms with Crippen molar-refractivity contribution in [3.05, 3.63) is 41.7 Å². The van der Waals surface area contributed by atoms with Crippen molar-refractivity contribution in [2.75, 3.05) is 11.9 Å². The molecule has 2 aromatic rings. The van der Waals surface area contributed by atoms with Crippen LogP contribution in [0.3, 0.4) is 0 Å². The predicted octanol–water partition coefficient (Wildman–Crippen LogP) is 4.02. The van der Waals surface area contributed by atoms with E-state index in [-0.39, 0.29) is 0 Å². The lowest BCUT2D eigenvalue weighted by molar-refractivity contribution is 0.927. The lowest BCUT2D eigenvalue weighted by atomic mass is 10.1. The third kappa shape index (κ3) is 2.82. The number of nitrogens with one attached hydrogen (secondary N) is 1. The van der Waals surface area contributed by atoms with Gasteiger partial charge >= 0.3 is 0 Å². The van der Waals surface area contributed by atoms with E-state index in [2.05, 4.69) is 54.5 Å². The van der Waals surface area contributed by atoms with Crippen LogP contribution >= 0.6 is 0 Å². The molecule has 0 aliphatic heterocycles. The molecule has 1 heterocycles. The Morgan fingerprint density at radius 2 is 1.85 bits per heavy atom. The van der Waals surface area contributed by atoms with E-state index >= 15 is 0 Å². The van der Waals surface area contributed by atoms with E-state index in [1.807, 2.05) is 0 Å². The van der Waals surface area contributed by atoms with Gasteiger partial charge in [-0.25, -0.2) is 9.97 Å². The summed E-state index contributed by atoms with van der Waals surface area (Å²) in [6.07, 6.45) is 3.52. The summed E-state index contributed by atoms with van der Waals surface area (Å²) in [7, 11) is 0. The second-order valence-corrected chi connectivity index (χ2v) is 5.35. The molecule has 0 bridgehead atoms. The Balaban J connectivity index is 1.97. The Kier molecular flexibility index (Phi) is 3.68. The molecule has 1 aromatic carbocycles. The Morgan fingerprint density at radius 1 is 1.10 bits per heavy atom. The van der Waals surface area contributed by atoms with E-state index in [1.54, 1.807) is 0 Å². The Morgan fingerprint density at radius 3 is 2.45 bits per heavy atom. The molecule has 1 N–H and O–H groups in total. The van der Waals surface area contributed by atoms with E-state index < -0.39 is 0 Å². The third-order valence-electron chi connectivity index (χ3n) is 3.70. The van der Waals surface area contributed by atoms with Crippen LogP contribution in [0.2, 0.25) is 0 Å². The molecule has 0 spiro atoms. The van der Waals surface area contributed by atoms with Gasteiger partial charge < -0.3 is 5.32 Å². The fourth-order valence-corrected chi connectivity index (χ4v) is 2.32. The quantitative estimate of drug-likeness (QED) is 0.889. The fraction of sp³-hybridized carbons (Fsp3) is 0.412. The number of hydrogen-bond acceptors (Lipinski definition) is 3. The minimum absolute atomic E-state index is 0.572. The molecule has 1 aromatic heterocycles. The maximum Gasteiger partial charge on any atom is 0.134 e. The monoisotopic (exact) mass is 267 g/mol. The van der Waals surface area contributed by atoms with Gasteiger partial charge in [-0.15, -0.1) is 0 Å². The van der Waals surface area contributed by atoms with E-state index in [9.17, 15) is 0 Å². The van der Waals surface area contributed by atoms with Gasteiger partial charge in [-0.1, -0.05) is 31.2 Å². The molecule has 0 unspecified atom stereocenters. The van der Waals surface area contributed by atoms with Crippen molar-refractivity contribution < 1.29 is 0 Å². The highest BCUT2D eigenvalue weighted by atomic mass is 15.0. The molecule has 0 atom stereocenters. The van der Waals surface area contributed by atoms with Crippen LogP contribution in [0.4, 0.5) is 5.82 Å². The van der Waals surface area contributed by atoms with Crippen LogP contribution in [0.25, 0.3) is 11.3 Å². The molecule has 3 rings (SSSR count). The standard InChI is InChI=1S/C17H21N3/c1-3-12-5-7-13(8-6-12)15-11-16(18-4-2)20-17(19-15)14-9-10-14/h5-8,11,14H,3-4,9-10H2,1-2H3,(H,18,19,20). The summed E-state index contributed by atoms with van der Waals surface area (Å²) in [4.78, 5) is 9.37. The first-order valence-corrected chi connectivity index (χ1v) is 7.52. The lowest BCUT2D eigenvalue weighted by Gasteiger charge is -2.09. The van der Waals surface area contributed by atoms with Gasteiger partial charge in [0.15, 0.2) is 0 Å². The van der Waals surface area contributed by atoms with Crippen molar-refractivity contribution in [1.82, 2.24) is 9.97 Å². The number of aryl methyl sites for hydroxylation is 1. The topological polar surface area (TPSA) is 37.8 Å². The highest BCUT2D eigenvalue weighted by Gasteiger charge is 2.27. The highest BCUT2D eigenvalue weighted by molar-refractivity contribution is 5.63. The van der Waals surface area contributed by atoms with Gasteiger partial charge in [0.1, 0.15) is 11.6 Å². The molecular weight excluding hydrogens is 246 g/mol. The average Bonchev–Trinajstić information content (AvgIpc) is 3.32. The first kappa shape index (κ1) is 13.1. The average molecular weight is 267 g/mol. The first-order chi connectivity index (χ1) is 9.80. The van der Waals surface area contributed by atoms with Crippen LogP contribution in [0.1, 0.15) is 44.0 Å². The summed E-state index contributed by atoms with van der Waals surface area (Å²) in [6.45, 7) is 5.15. The Labute approximate surface area is 120 Å². The van der Waals surface area contributed by atoms with Crippen LogP contribution in [0.5, 0.6) is 0 Å². The van der Waals surface area contributed by atoms with Gasteiger partial charge in [-0.2, -0.15) is 0 Å². The number of rotatable bonds is 5. The second-order valence-electron chi connectivity index (χ2n) is 5.35. The number of aromatic nitrogens is 2. The third-order valence-corrected chi connectivity index (χ3v) is 3.70. The largest absolute Gasteiger partial charge is 0.370 e. The molecule has 104 valence electrons. The summed E-state index contributed by atoms with van der Waals surface area (Å²) in [5.74, 6) is 2.51. The predicted molar refractivity (Wildman–Crippen MR) is 83.0 cm³/mol. The minimum Gasteiger partial charge on any atom is -0.370 e. The van der Waals surface area contributed by atoms with Gasteiger partial charge in [-0.3, -0.25) is 0 Å². The summed E-state index contributed by atoms with van der Waals surface area (Å²) in [5, 5.41) is 3.31. The maximum atomic E-state index is 4.75. The van der Waals surface area contributed by atoms with Gasteiger partial charge in [-0.05, 0) is 31.7 Å². The van der Waals surface area contributed by atoms with E-state index in [4.69, 9.17) is 4.98 Å². The molecule has 0 radical (unpaired) electrons. The van der Waals surface area contributed by atoms with Crippen LogP contribution in [0, 0.1) is 0 Å². The molecule has 0 saturated heterocycles. The smallest absolute Gasteiger partial charge is 0.134 e. The second kappa shape index (κ2) is 5.61. The van der Waals surface area contributed by atoms with Crippen LogP contribution in [-0.2, 0) is 6.42 Å². The summed E-state index contributed by atoms with van der Waals surface area (Å²) in [5.41, 5.74) is 3.56. The SMILES string of the molecule is CCNc1cc(-c2ccc(CC)cc2)nc(C2CC2)n1. The molecule has 3 nitrogen and oxygen atoms in total. The molecule has 1 aliphatic carbocycles.